The zero-order valence-corrected chi connectivity index (χ0v) is 18.5. The van der Waals surface area contributed by atoms with Gasteiger partial charge in [0.1, 0.15) is 17.7 Å². The minimum Gasteiger partial charge on any atom is -0.467 e. The van der Waals surface area contributed by atoms with E-state index in [-0.39, 0.29) is 5.92 Å². The van der Waals surface area contributed by atoms with Gasteiger partial charge in [0.2, 0.25) is 5.91 Å². The first kappa shape index (κ1) is 24.5. The van der Waals surface area contributed by atoms with Crippen LogP contribution in [0, 0.1) is 12.8 Å². The van der Waals surface area contributed by atoms with Crippen LogP contribution < -0.4 is 10.6 Å². The Balaban J connectivity index is 2.93. The molecule has 0 heterocycles. The van der Waals surface area contributed by atoms with Crippen LogP contribution in [0.25, 0.3) is 0 Å². The summed E-state index contributed by atoms with van der Waals surface area (Å²) < 4.78 is 10.1. The Morgan fingerprint density at radius 2 is 1.72 bits per heavy atom. The summed E-state index contributed by atoms with van der Waals surface area (Å²) in [5, 5.41) is 5.34. The van der Waals surface area contributed by atoms with Gasteiger partial charge in [-0.25, -0.2) is 9.59 Å². The second kappa shape index (κ2) is 10.8. The lowest BCUT2D eigenvalue weighted by molar-refractivity contribution is -0.145. The summed E-state index contributed by atoms with van der Waals surface area (Å²) in [6, 6.07) is 6.01. The summed E-state index contributed by atoms with van der Waals surface area (Å²) in [5.74, 6) is -0.845. The fourth-order valence-electron chi connectivity index (χ4n) is 2.84. The number of alkyl carbamates (subject to hydrolysis) is 1. The van der Waals surface area contributed by atoms with Crippen molar-refractivity contribution >= 4 is 18.0 Å². The lowest BCUT2D eigenvalue weighted by atomic mass is 10.0. The van der Waals surface area contributed by atoms with Gasteiger partial charge in [0, 0.05) is 6.42 Å². The van der Waals surface area contributed by atoms with E-state index in [1.807, 2.05) is 45.0 Å². The fourth-order valence-corrected chi connectivity index (χ4v) is 2.84. The smallest absolute Gasteiger partial charge is 0.408 e. The molecule has 0 saturated carbocycles. The average Bonchev–Trinajstić information content (AvgIpc) is 2.57. The lowest BCUT2D eigenvalue weighted by Crippen LogP contribution is -2.53. The highest BCUT2D eigenvalue weighted by molar-refractivity contribution is 5.89. The molecule has 0 aliphatic heterocycles. The largest absolute Gasteiger partial charge is 0.467 e. The third-order valence-corrected chi connectivity index (χ3v) is 4.04. The van der Waals surface area contributed by atoms with Crippen molar-refractivity contribution in [3.05, 3.63) is 35.4 Å². The van der Waals surface area contributed by atoms with Crippen molar-refractivity contribution in [2.24, 2.45) is 5.92 Å². The number of hydrogen-bond donors (Lipinski definition) is 2. The molecule has 7 heteroatoms. The summed E-state index contributed by atoms with van der Waals surface area (Å²) in [6.07, 6.45) is 0.0243. The lowest BCUT2D eigenvalue weighted by Gasteiger charge is -2.25. The molecule has 0 aromatic heterocycles. The first-order valence-electron chi connectivity index (χ1n) is 9.84. The molecule has 2 amide bonds. The highest BCUT2D eigenvalue weighted by atomic mass is 16.6. The molecule has 0 unspecified atom stereocenters. The van der Waals surface area contributed by atoms with Crippen molar-refractivity contribution in [3.63, 3.8) is 0 Å². The molecule has 7 nitrogen and oxygen atoms in total. The Bertz CT molecular complexity index is 709. The van der Waals surface area contributed by atoms with E-state index in [0.717, 1.165) is 11.1 Å². The standard InChI is InChI=1S/C22H34N2O5/c1-14(2)11-17(24-21(27)29-22(4,5)6)19(25)23-18(20(26)28-7)13-16-10-8-9-15(3)12-16/h8-10,12,14,17-18H,11,13H2,1-7H3,(H,23,25)(H,24,27)/t17-,18-/m0/s1. The first-order valence-corrected chi connectivity index (χ1v) is 9.84. The van der Waals surface area contributed by atoms with Gasteiger partial charge in [-0.05, 0) is 45.6 Å². The molecule has 1 rings (SSSR count). The average molecular weight is 407 g/mol. The van der Waals surface area contributed by atoms with Crippen LogP contribution in [0.1, 0.15) is 52.2 Å². The van der Waals surface area contributed by atoms with Gasteiger partial charge in [-0.3, -0.25) is 4.79 Å². The fraction of sp³-hybridized carbons (Fsp3) is 0.591. The summed E-state index contributed by atoms with van der Waals surface area (Å²) in [5.41, 5.74) is 1.28. The molecular weight excluding hydrogens is 372 g/mol. The van der Waals surface area contributed by atoms with Gasteiger partial charge in [0.05, 0.1) is 7.11 Å². The minimum absolute atomic E-state index is 0.147. The van der Waals surface area contributed by atoms with Crippen molar-refractivity contribution in [3.8, 4) is 0 Å². The van der Waals surface area contributed by atoms with Gasteiger partial charge in [-0.1, -0.05) is 43.7 Å². The predicted octanol–water partition coefficient (Wildman–Crippen LogP) is 3.13. The highest BCUT2D eigenvalue weighted by Crippen LogP contribution is 2.12. The number of carbonyl (C=O) groups excluding carboxylic acids is 3. The van der Waals surface area contributed by atoms with E-state index in [4.69, 9.17) is 9.47 Å². The zero-order chi connectivity index (χ0) is 22.2. The minimum atomic E-state index is -0.857. The van der Waals surface area contributed by atoms with E-state index in [1.54, 1.807) is 20.8 Å². The third-order valence-electron chi connectivity index (χ3n) is 4.04. The van der Waals surface area contributed by atoms with E-state index >= 15 is 0 Å². The van der Waals surface area contributed by atoms with Crippen molar-refractivity contribution in [1.29, 1.82) is 0 Å². The number of methoxy groups -OCH3 is 1. The van der Waals surface area contributed by atoms with Gasteiger partial charge in [0.25, 0.3) is 0 Å². The Labute approximate surface area is 173 Å². The van der Waals surface area contributed by atoms with E-state index in [1.165, 1.54) is 7.11 Å². The van der Waals surface area contributed by atoms with Crippen LogP contribution in [0.3, 0.4) is 0 Å². The maximum Gasteiger partial charge on any atom is 0.408 e. The molecule has 29 heavy (non-hydrogen) atoms. The number of rotatable bonds is 8. The highest BCUT2D eigenvalue weighted by Gasteiger charge is 2.29. The summed E-state index contributed by atoms with van der Waals surface area (Å²) in [7, 11) is 1.28. The van der Waals surface area contributed by atoms with E-state index in [9.17, 15) is 14.4 Å². The van der Waals surface area contributed by atoms with E-state index in [2.05, 4.69) is 10.6 Å². The molecule has 1 aromatic rings. The van der Waals surface area contributed by atoms with Gasteiger partial charge in [-0.2, -0.15) is 0 Å². The quantitative estimate of drug-likeness (QED) is 0.647. The maximum absolute atomic E-state index is 12.9. The molecule has 0 saturated heterocycles. The predicted molar refractivity (Wildman–Crippen MR) is 111 cm³/mol. The Morgan fingerprint density at radius 1 is 1.07 bits per heavy atom. The number of ether oxygens (including phenoxy) is 2. The third kappa shape index (κ3) is 9.45. The second-order valence-electron chi connectivity index (χ2n) is 8.61. The van der Waals surface area contributed by atoms with Gasteiger partial charge >= 0.3 is 12.1 Å². The maximum atomic E-state index is 12.9. The first-order chi connectivity index (χ1) is 13.4. The number of carbonyl (C=O) groups is 3. The van der Waals surface area contributed by atoms with E-state index < -0.39 is 35.7 Å². The van der Waals surface area contributed by atoms with Crippen LogP contribution in [0.5, 0.6) is 0 Å². The van der Waals surface area contributed by atoms with Gasteiger partial charge in [0.15, 0.2) is 0 Å². The molecule has 1 aromatic carbocycles. The molecule has 2 N–H and O–H groups in total. The second-order valence-corrected chi connectivity index (χ2v) is 8.61. The number of hydrogen-bond acceptors (Lipinski definition) is 5. The number of esters is 1. The molecular formula is C22H34N2O5. The van der Waals surface area contributed by atoms with Crippen molar-refractivity contribution in [2.75, 3.05) is 7.11 Å². The van der Waals surface area contributed by atoms with Gasteiger partial charge < -0.3 is 20.1 Å². The Kier molecular flexibility index (Phi) is 9.14. The van der Waals surface area contributed by atoms with Crippen LogP contribution in [0.15, 0.2) is 24.3 Å². The summed E-state index contributed by atoms with van der Waals surface area (Å²) in [6.45, 7) is 11.1. The van der Waals surface area contributed by atoms with E-state index in [0.29, 0.717) is 12.8 Å². The van der Waals surface area contributed by atoms with Crippen LogP contribution in [-0.4, -0.2) is 42.8 Å². The molecule has 162 valence electrons. The Hall–Kier alpha value is -2.57. The zero-order valence-electron chi connectivity index (χ0n) is 18.5. The molecule has 0 fully saturated rings. The monoisotopic (exact) mass is 406 g/mol. The number of benzene rings is 1. The molecule has 0 aliphatic carbocycles. The molecule has 0 spiro atoms. The van der Waals surface area contributed by atoms with Gasteiger partial charge in [-0.15, -0.1) is 0 Å². The number of nitrogens with one attached hydrogen (secondary N) is 2. The number of aryl methyl sites for hydroxylation is 1. The molecule has 0 radical (unpaired) electrons. The Morgan fingerprint density at radius 3 is 2.24 bits per heavy atom. The topological polar surface area (TPSA) is 93.7 Å². The van der Waals surface area contributed by atoms with Crippen LogP contribution in [0.2, 0.25) is 0 Å². The van der Waals surface area contributed by atoms with Crippen LogP contribution in [-0.2, 0) is 25.5 Å². The summed E-state index contributed by atoms with van der Waals surface area (Å²) >= 11 is 0. The summed E-state index contributed by atoms with van der Waals surface area (Å²) in [4.78, 5) is 37.3. The van der Waals surface area contributed by atoms with Crippen LogP contribution >= 0.6 is 0 Å². The van der Waals surface area contributed by atoms with Crippen molar-refractivity contribution in [2.45, 2.75) is 72.1 Å². The van der Waals surface area contributed by atoms with Crippen molar-refractivity contribution < 1.29 is 23.9 Å². The normalized spacial score (nSPS) is 13.4. The molecule has 2 atom stereocenters. The molecule has 0 bridgehead atoms. The molecule has 0 aliphatic rings. The SMILES string of the molecule is COC(=O)[C@H](Cc1cccc(C)c1)NC(=O)[C@H](CC(C)C)NC(=O)OC(C)(C)C. The van der Waals surface area contributed by atoms with Crippen LogP contribution in [0.4, 0.5) is 4.79 Å². The van der Waals surface area contributed by atoms with Crippen molar-refractivity contribution in [1.82, 2.24) is 10.6 Å². The number of amides is 2.